The molecule has 130 valence electrons. The molecule has 26 heavy (non-hydrogen) atoms. The minimum absolute atomic E-state index is 0.114. The largest absolute Gasteiger partial charge is 0.325 e. The van der Waals surface area contributed by atoms with E-state index in [1.165, 1.54) is 21.6 Å². The van der Waals surface area contributed by atoms with Gasteiger partial charge in [-0.15, -0.1) is 11.3 Å². The predicted octanol–water partition coefficient (Wildman–Crippen LogP) is 1.78. The molecule has 0 fully saturated rings. The van der Waals surface area contributed by atoms with Crippen molar-refractivity contribution in [1.29, 1.82) is 0 Å². The predicted molar refractivity (Wildman–Crippen MR) is 103 cm³/mol. The second-order valence-electron chi connectivity index (χ2n) is 6.35. The third kappa shape index (κ3) is 2.09. The molecule has 0 amide bonds. The van der Waals surface area contributed by atoms with E-state index in [9.17, 15) is 4.79 Å². The van der Waals surface area contributed by atoms with Gasteiger partial charge < -0.3 is 10.3 Å². The van der Waals surface area contributed by atoms with E-state index >= 15 is 0 Å². The molecule has 0 atom stereocenters. The van der Waals surface area contributed by atoms with Gasteiger partial charge in [0.25, 0.3) is 5.56 Å². The Labute approximate surface area is 152 Å². The monoisotopic (exact) mass is 364 g/mol. The SMILES string of the molecule is Cn1c2nc(CN)sc2c2cnn(Cc3cccc4c3C=NC4)c(=O)c21. The van der Waals surface area contributed by atoms with Crippen molar-refractivity contribution < 1.29 is 0 Å². The molecule has 5 rings (SSSR count). The lowest BCUT2D eigenvalue weighted by Gasteiger charge is -2.09. The van der Waals surface area contributed by atoms with Crippen LogP contribution in [0.2, 0.25) is 0 Å². The molecule has 2 N–H and O–H groups in total. The molecule has 4 aromatic rings. The highest BCUT2D eigenvalue weighted by molar-refractivity contribution is 7.19. The molecule has 0 saturated heterocycles. The van der Waals surface area contributed by atoms with Gasteiger partial charge in [-0.2, -0.15) is 5.10 Å². The number of aromatic nitrogens is 4. The fourth-order valence-corrected chi connectivity index (χ4v) is 4.52. The van der Waals surface area contributed by atoms with Crippen LogP contribution in [-0.2, 0) is 26.7 Å². The summed E-state index contributed by atoms with van der Waals surface area (Å²) in [5, 5.41) is 6.11. The minimum atomic E-state index is -0.114. The number of rotatable bonds is 3. The molecular formula is C18H16N6OS. The van der Waals surface area contributed by atoms with Gasteiger partial charge >= 0.3 is 0 Å². The van der Waals surface area contributed by atoms with Crippen LogP contribution in [-0.4, -0.2) is 25.5 Å². The Morgan fingerprint density at radius 1 is 1.35 bits per heavy atom. The van der Waals surface area contributed by atoms with Gasteiger partial charge in [0.2, 0.25) is 0 Å². The molecule has 3 aromatic heterocycles. The van der Waals surface area contributed by atoms with Crippen LogP contribution in [0.15, 0.2) is 34.2 Å². The van der Waals surface area contributed by atoms with Crippen LogP contribution < -0.4 is 11.3 Å². The van der Waals surface area contributed by atoms with E-state index in [-0.39, 0.29) is 5.56 Å². The first-order chi connectivity index (χ1) is 12.7. The number of thiazole rings is 1. The highest BCUT2D eigenvalue weighted by Crippen LogP contribution is 2.30. The van der Waals surface area contributed by atoms with Gasteiger partial charge in [-0.05, 0) is 11.1 Å². The van der Waals surface area contributed by atoms with E-state index in [2.05, 4.69) is 21.1 Å². The quantitative estimate of drug-likeness (QED) is 0.600. The summed E-state index contributed by atoms with van der Waals surface area (Å²) >= 11 is 1.52. The Morgan fingerprint density at radius 2 is 2.23 bits per heavy atom. The van der Waals surface area contributed by atoms with Crippen molar-refractivity contribution in [3.8, 4) is 0 Å². The van der Waals surface area contributed by atoms with E-state index in [0.29, 0.717) is 25.2 Å². The van der Waals surface area contributed by atoms with Crippen molar-refractivity contribution in [2.24, 2.45) is 17.8 Å². The molecule has 0 saturated carbocycles. The van der Waals surface area contributed by atoms with Crippen molar-refractivity contribution in [2.75, 3.05) is 0 Å². The Balaban J connectivity index is 1.67. The van der Waals surface area contributed by atoms with Crippen LogP contribution in [0.4, 0.5) is 0 Å². The first-order valence-corrected chi connectivity index (χ1v) is 9.13. The van der Waals surface area contributed by atoms with Gasteiger partial charge in [0, 0.05) is 30.8 Å². The highest BCUT2D eigenvalue weighted by atomic mass is 32.1. The van der Waals surface area contributed by atoms with E-state index in [1.807, 2.05) is 30.0 Å². The number of aryl methyl sites for hydroxylation is 1. The van der Waals surface area contributed by atoms with E-state index in [1.54, 1.807) is 6.20 Å². The van der Waals surface area contributed by atoms with Crippen LogP contribution in [0.5, 0.6) is 0 Å². The summed E-state index contributed by atoms with van der Waals surface area (Å²) < 4.78 is 4.32. The molecule has 0 bridgehead atoms. The molecule has 1 aliphatic heterocycles. The maximum Gasteiger partial charge on any atom is 0.291 e. The molecule has 0 aliphatic carbocycles. The van der Waals surface area contributed by atoms with Crippen LogP contribution in [0.25, 0.3) is 21.3 Å². The van der Waals surface area contributed by atoms with Crippen molar-refractivity contribution in [3.05, 3.63) is 56.4 Å². The van der Waals surface area contributed by atoms with Gasteiger partial charge in [0.1, 0.15) is 10.5 Å². The maximum atomic E-state index is 13.1. The topological polar surface area (TPSA) is 91.1 Å². The molecule has 4 heterocycles. The van der Waals surface area contributed by atoms with E-state index < -0.39 is 0 Å². The van der Waals surface area contributed by atoms with Gasteiger partial charge in [-0.25, -0.2) is 9.67 Å². The lowest BCUT2D eigenvalue weighted by Crippen LogP contribution is -2.25. The summed E-state index contributed by atoms with van der Waals surface area (Å²) in [6.07, 6.45) is 3.64. The van der Waals surface area contributed by atoms with Crippen LogP contribution >= 0.6 is 11.3 Å². The number of nitrogens with two attached hydrogens (primary N) is 1. The number of aliphatic imine (C=N–C) groups is 1. The molecule has 7 nitrogen and oxygen atoms in total. The Kier molecular flexibility index (Phi) is 3.31. The lowest BCUT2D eigenvalue weighted by molar-refractivity contribution is 0.643. The normalized spacial score (nSPS) is 13.2. The third-order valence-electron chi connectivity index (χ3n) is 4.83. The average molecular weight is 364 g/mol. The Morgan fingerprint density at radius 3 is 3.08 bits per heavy atom. The molecule has 8 heteroatoms. The lowest BCUT2D eigenvalue weighted by atomic mass is 10.0. The van der Waals surface area contributed by atoms with Gasteiger partial charge in [0.05, 0.1) is 24.0 Å². The minimum Gasteiger partial charge on any atom is -0.325 e. The first kappa shape index (κ1) is 15.4. The molecule has 0 radical (unpaired) electrons. The Hall–Kier alpha value is -2.84. The molecule has 0 unspecified atom stereocenters. The summed E-state index contributed by atoms with van der Waals surface area (Å²) in [6, 6.07) is 6.09. The smallest absolute Gasteiger partial charge is 0.291 e. The van der Waals surface area contributed by atoms with Gasteiger partial charge in [0.15, 0.2) is 5.65 Å². The summed E-state index contributed by atoms with van der Waals surface area (Å²) in [7, 11) is 1.86. The second-order valence-corrected chi connectivity index (χ2v) is 7.44. The fraction of sp³-hybridized carbons (Fsp3) is 0.222. The number of fused-ring (bicyclic) bond motifs is 4. The zero-order valence-corrected chi connectivity index (χ0v) is 15.0. The standard InChI is InChI=1S/C18H16N6OS/c1-23-15-13(16-17(23)22-14(5-19)26-16)8-21-24(18(15)25)9-11-4-2-3-10-6-20-7-12(10)11/h2-4,7-8H,5-6,9,19H2,1H3. The fourth-order valence-electron chi connectivity index (χ4n) is 3.54. The molecular weight excluding hydrogens is 348 g/mol. The van der Waals surface area contributed by atoms with Crippen LogP contribution in [0.3, 0.4) is 0 Å². The first-order valence-electron chi connectivity index (χ1n) is 8.32. The highest BCUT2D eigenvalue weighted by Gasteiger charge is 2.18. The maximum absolute atomic E-state index is 13.1. The average Bonchev–Trinajstić information content (AvgIpc) is 3.34. The van der Waals surface area contributed by atoms with E-state index in [4.69, 9.17) is 5.73 Å². The Bertz CT molecular complexity index is 1260. The number of hydrogen-bond donors (Lipinski definition) is 1. The zero-order chi connectivity index (χ0) is 17.8. The van der Waals surface area contributed by atoms with E-state index in [0.717, 1.165) is 31.9 Å². The van der Waals surface area contributed by atoms with Crippen molar-refractivity contribution >= 4 is 38.8 Å². The summed E-state index contributed by atoms with van der Waals surface area (Å²) in [5.41, 5.74) is 10.3. The number of benzene rings is 1. The summed E-state index contributed by atoms with van der Waals surface area (Å²) in [4.78, 5) is 21.9. The summed E-state index contributed by atoms with van der Waals surface area (Å²) in [6.45, 7) is 1.52. The van der Waals surface area contributed by atoms with Crippen molar-refractivity contribution in [2.45, 2.75) is 19.6 Å². The molecule has 1 aliphatic rings. The molecule has 0 spiro atoms. The van der Waals surface area contributed by atoms with Crippen LogP contribution in [0.1, 0.15) is 21.7 Å². The zero-order valence-electron chi connectivity index (χ0n) is 14.1. The second kappa shape index (κ2) is 5.58. The molecule has 1 aromatic carbocycles. The third-order valence-corrected chi connectivity index (χ3v) is 5.93. The number of hydrogen-bond acceptors (Lipinski definition) is 6. The van der Waals surface area contributed by atoms with Gasteiger partial charge in [-0.1, -0.05) is 18.2 Å². The van der Waals surface area contributed by atoms with Crippen LogP contribution in [0, 0.1) is 0 Å². The van der Waals surface area contributed by atoms with Gasteiger partial charge in [-0.3, -0.25) is 9.79 Å². The summed E-state index contributed by atoms with van der Waals surface area (Å²) in [5.74, 6) is 0. The number of nitrogens with zero attached hydrogens (tertiary/aromatic N) is 5. The van der Waals surface area contributed by atoms with Crippen molar-refractivity contribution in [1.82, 2.24) is 19.3 Å². The van der Waals surface area contributed by atoms with Crippen molar-refractivity contribution in [3.63, 3.8) is 0 Å².